The molecule has 0 fully saturated rings. The Balaban J connectivity index is 1.46. The van der Waals surface area contributed by atoms with Crippen molar-refractivity contribution in [2.24, 2.45) is 0 Å². The minimum atomic E-state index is -0.260. The topological polar surface area (TPSA) is 46.5 Å². The van der Waals surface area contributed by atoms with E-state index in [0.29, 0.717) is 23.3 Å². The van der Waals surface area contributed by atoms with Crippen LogP contribution in [-0.2, 0) is 13.0 Å². The van der Waals surface area contributed by atoms with Crippen LogP contribution in [0.5, 0.6) is 11.5 Å². The molecule has 4 heteroatoms. The van der Waals surface area contributed by atoms with Gasteiger partial charge in [-0.1, -0.05) is 12.1 Å². The third-order valence-corrected chi connectivity index (χ3v) is 5.57. The second-order valence-electron chi connectivity index (χ2n) is 7.73. The lowest BCUT2D eigenvalue weighted by Gasteiger charge is -2.17. The maximum absolute atomic E-state index is 14.1. The Morgan fingerprint density at radius 3 is 2.50 bits per heavy atom. The van der Waals surface area contributed by atoms with E-state index in [1.807, 2.05) is 50.3 Å². The van der Waals surface area contributed by atoms with Crippen LogP contribution in [0.15, 0.2) is 60.2 Å². The monoisotopic (exact) mass is 402 g/mol. The third kappa shape index (κ3) is 4.13. The van der Waals surface area contributed by atoms with Crippen molar-refractivity contribution in [1.29, 1.82) is 0 Å². The second kappa shape index (κ2) is 8.15. The minimum absolute atomic E-state index is 0.00166. The number of phenolic OH excluding ortho intramolecular Hbond substituents is 1. The molecule has 152 valence electrons. The Kier molecular flexibility index (Phi) is 5.40. The average molecular weight is 402 g/mol. The number of hydrogen-bond acceptors (Lipinski definition) is 3. The number of aromatic hydroxyl groups is 1. The molecular weight excluding hydrogens is 379 g/mol. The van der Waals surface area contributed by atoms with E-state index in [4.69, 9.17) is 4.74 Å². The van der Waals surface area contributed by atoms with Gasteiger partial charge in [-0.2, -0.15) is 0 Å². The van der Waals surface area contributed by atoms with Crippen molar-refractivity contribution in [2.75, 3.05) is 0 Å². The lowest BCUT2D eigenvalue weighted by molar-refractivity contribution is 0.102. The van der Waals surface area contributed by atoms with Crippen LogP contribution < -0.4 is 4.74 Å². The van der Waals surface area contributed by atoms with Gasteiger partial charge in [-0.25, -0.2) is 4.39 Å². The molecule has 30 heavy (non-hydrogen) atoms. The molecular formula is C26H23FO3. The molecule has 0 radical (unpaired) electrons. The number of ether oxygens (including phenoxy) is 1. The summed E-state index contributed by atoms with van der Waals surface area (Å²) < 4.78 is 19.8. The predicted molar refractivity (Wildman–Crippen MR) is 115 cm³/mol. The van der Waals surface area contributed by atoms with E-state index in [1.165, 1.54) is 6.07 Å². The number of ketones is 1. The summed E-state index contributed by atoms with van der Waals surface area (Å²) in [5, 5.41) is 9.60. The molecule has 4 rings (SSSR count). The van der Waals surface area contributed by atoms with Crippen LogP contribution in [0.3, 0.4) is 0 Å². The molecule has 0 aliphatic heterocycles. The normalized spacial score (nSPS) is 14.6. The highest BCUT2D eigenvalue weighted by Crippen LogP contribution is 2.29. The van der Waals surface area contributed by atoms with E-state index in [9.17, 15) is 14.3 Å². The van der Waals surface area contributed by atoms with Gasteiger partial charge in [0.05, 0.1) is 0 Å². The lowest BCUT2D eigenvalue weighted by atomic mass is 9.86. The van der Waals surface area contributed by atoms with Crippen LogP contribution in [0.2, 0.25) is 0 Å². The smallest absolute Gasteiger partial charge is 0.189 e. The molecule has 0 amide bonds. The SMILES string of the molecule is Cc1cc(F)c(COc2ccc(/C=C3\CCc4cc(O)ccc4C3=O)cc2)cc1C. The maximum Gasteiger partial charge on any atom is 0.189 e. The number of fused-ring (bicyclic) bond motifs is 1. The van der Waals surface area contributed by atoms with Crippen LogP contribution in [0, 0.1) is 19.7 Å². The fourth-order valence-corrected chi connectivity index (χ4v) is 3.68. The van der Waals surface area contributed by atoms with E-state index >= 15 is 0 Å². The largest absolute Gasteiger partial charge is 0.508 e. The molecule has 0 saturated heterocycles. The number of benzene rings is 3. The van der Waals surface area contributed by atoms with Crippen molar-refractivity contribution in [1.82, 2.24) is 0 Å². The number of allylic oxidation sites excluding steroid dienone is 1. The van der Waals surface area contributed by atoms with Crippen molar-refractivity contribution in [2.45, 2.75) is 33.3 Å². The Morgan fingerprint density at radius 1 is 1.00 bits per heavy atom. The van der Waals surface area contributed by atoms with Gasteiger partial charge in [0.1, 0.15) is 23.9 Å². The fourth-order valence-electron chi connectivity index (χ4n) is 3.68. The van der Waals surface area contributed by atoms with Crippen LogP contribution in [0.1, 0.15) is 44.6 Å². The number of Topliss-reactive ketones (excluding diaryl/α,β-unsaturated/α-hetero) is 1. The number of hydrogen-bond donors (Lipinski definition) is 1. The van der Waals surface area contributed by atoms with Crippen LogP contribution in [-0.4, -0.2) is 10.9 Å². The zero-order valence-electron chi connectivity index (χ0n) is 17.0. The van der Waals surface area contributed by atoms with Crippen LogP contribution in [0.25, 0.3) is 6.08 Å². The Hall–Kier alpha value is -3.40. The Labute approximate surface area is 175 Å². The number of rotatable bonds is 4. The molecule has 0 spiro atoms. The first kappa shape index (κ1) is 19.9. The van der Waals surface area contributed by atoms with Gasteiger partial charge in [0.2, 0.25) is 0 Å². The van der Waals surface area contributed by atoms with Crippen molar-refractivity contribution < 1.29 is 19.0 Å². The van der Waals surface area contributed by atoms with Gasteiger partial charge in [-0.05, 0) is 97.5 Å². The average Bonchev–Trinajstić information content (AvgIpc) is 2.73. The number of halogens is 1. The van der Waals surface area contributed by atoms with Crippen molar-refractivity contribution in [3.63, 3.8) is 0 Å². The van der Waals surface area contributed by atoms with E-state index in [2.05, 4.69) is 0 Å². The van der Waals surface area contributed by atoms with E-state index < -0.39 is 0 Å². The number of aryl methyl sites for hydroxylation is 3. The highest BCUT2D eigenvalue weighted by atomic mass is 19.1. The van der Waals surface area contributed by atoms with Gasteiger partial charge in [0.15, 0.2) is 5.78 Å². The molecule has 1 N–H and O–H groups in total. The molecule has 0 heterocycles. The lowest BCUT2D eigenvalue weighted by Crippen LogP contribution is -2.13. The molecule has 1 aliphatic rings. The molecule has 0 saturated carbocycles. The maximum atomic E-state index is 14.1. The quantitative estimate of drug-likeness (QED) is 0.550. The number of carbonyl (C=O) groups excluding carboxylic acids is 1. The summed E-state index contributed by atoms with van der Waals surface area (Å²) in [7, 11) is 0. The summed E-state index contributed by atoms with van der Waals surface area (Å²) in [5.41, 5.74) is 5.68. The van der Waals surface area contributed by atoms with Crippen molar-refractivity contribution in [3.8, 4) is 11.5 Å². The molecule has 0 aromatic heterocycles. The first-order chi connectivity index (χ1) is 14.4. The van der Waals surface area contributed by atoms with E-state index in [-0.39, 0.29) is 24.0 Å². The fraction of sp³-hybridized carbons (Fsp3) is 0.192. The molecule has 3 aromatic rings. The molecule has 0 atom stereocenters. The molecule has 3 aromatic carbocycles. The summed E-state index contributed by atoms with van der Waals surface area (Å²) in [4.78, 5) is 12.7. The van der Waals surface area contributed by atoms with E-state index in [1.54, 1.807) is 18.2 Å². The molecule has 3 nitrogen and oxygen atoms in total. The van der Waals surface area contributed by atoms with Crippen LogP contribution >= 0.6 is 0 Å². The predicted octanol–water partition coefficient (Wildman–Crippen LogP) is 5.94. The third-order valence-electron chi connectivity index (χ3n) is 5.57. The van der Waals surface area contributed by atoms with Crippen LogP contribution in [0.4, 0.5) is 4.39 Å². The summed E-state index contributed by atoms with van der Waals surface area (Å²) >= 11 is 0. The zero-order chi connectivity index (χ0) is 21.3. The minimum Gasteiger partial charge on any atom is -0.508 e. The van der Waals surface area contributed by atoms with Gasteiger partial charge < -0.3 is 9.84 Å². The highest BCUT2D eigenvalue weighted by molar-refractivity contribution is 6.13. The standard InChI is InChI=1S/C26H23FO3/c1-16-11-21(25(27)12-17(16)2)15-30-23-8-3-18(4-9-23)13-20-6-5-19-14-22(28)7-10-24(19)26(20)29/h3-4,7-14,28H,5-6,15H2,1-2H3/b20-13+. The summed E-state index contributed by atoms with van der Waals surface area (Å²) in [5.74, 6) is 0.571. The number of carbonyl (C=O) groups is 1. The molecule has 0 bridgehead atoms. The summed E-state index contributed by atoms with van der Waals surface area (Å²) in [6.07, 6.45) is 3.26. The van der Waals surface area contributed by atoms with Crippen molar-refractivity contribution >= 4 is 11.9 Å². The second-order valence-corrected chi connectivity index (χ2v) is 7.73. The van der Waals surface area contributed by atoms with Gasteiger partial charge in [0, 0.05) is 16.7 Å². The highest BCUT2D eigenvalue weighted by Gasteiger charge is 2.22. The Morgan fingerprint density at radius 2 is 1.73 bits per heavy atom. The van der Waals surface area contributed by atoms with Crippen molar-refractivity contribution in [3.05, 3.63) is 99.4 Å². The molecule has 0 unspecified atom stereocenters. The Bertz CT molecular complexity index is 1140. The zero-order valence-corrected chi connectivity index (χ0v) is 17.0. The van der Waals surface area contributed by atoms with E-state index in [0.717, 1.165) is 34.2 Å². The van der Waals surface area contributed by atoms with Gasteiger partial charge in [0.25, 0.3) is 0 Å². The number of phenols is 1. The van der Waals surface area contributed by atoms with Gasteiger partial charge >= 0.3 is 0 Å². The summed E-state index contributed by atoms with van der Waals surface area (Å²) in [6.45, 7) is 4.00. The summed E-state index contributed by atoms with van der Waals surface area (Å²) in [6, 6.07) is 15.7. The van der Waals surface area contributed by atoms with Gasteiger partial charge in [-0.3, -0.25) is 4.79 Å². The molecule has 1 aliphatic carbocycles. The van der Waals surface area contributed by atoms with Gasteiger partial charge in [-0.15, -0.1) is 0 Å². The first-order valence-corrected chi connectivity index (χ1v) is 9.96. The first-order valence-electron chi connectivity index (χ1n) is 9.96.